The van der Waals surface area contributed by atoms with Crippen LogP contribution in [0.25, 0.3) is 0 Å². The molecule has 0 unspecified atom stereocenters. The number of aliphatic hydroxyl groups is 1. The van der Waals surface area contributed by atoms with E-state index in [1.54, 1.807) is 41.5 Å². The van der Waals surface area contributed by atoms with Gasteiger partial charge in [-0.15, -0.1) is 0 Å². The molecule has 3 rings (SSSR count). The molecule has 48 nitrogen and oxygen atoms in total. The van der Waals surface area contributed by atoms with Gasteiger partial charge in [-0.2, -0.15) is 0 Å². The second kappa shape index (κ2) is 53.2. The molecule has 0 radical (unpaired) electrons. The van der Waals surface area contributed by atoms with Gasteiger partial charge in [-0.25, -0.2) is 0 Å². The molecule has 0 bridgehead atoms. The Kier molecular flexibility index (Phi) is 46.1. The summed E-state index contributed by atoms with van der Waals surface area (Å²) in [5, 5.41) is 58.7. The summed E-state index contributed by atoms with van der Waals surface area (Å²) in [7, 11) is 0. The van der Waals surface area contributed by atoms with Crippen LogP contribution in [0, 0.1) is 17.8 Å². The van der Waals surface area contributed by atoms with Crippen molar-refractivity contribution in [3.05, 3.63) is 35.9 Å². The summed E-state index contributed by atoms with van der Waals surface area (Å²) < 4.78 is 0. The molecule has 1 aromatic carbocycles. The number of nitrogens with one attached hydrogen (secondary N) is 19. The van der Waals surface area contributed by atoms with Crippen molar-refractivity contribution in [2.24, 2.45) is 35.0 Å². The van der Waals surface area contributed by atoms with Crippen molar-refractivity contribution in [3.63, 3.8) is 0 Å². The Morgan fingerprint density at radius 2 is 0.754 bits per heavy atom. The minimum absolute atomic E-state index is 0.00696. The largest absolute Gasteiger partial charge is 0.395 e. The van der Waals surface area contributed by atoms with Crippen LogP contribution in [0.4, 0.5) is 0 Å². The van der Waals surface area contributed by atoms with E-state index in [1.165, 1.54) is 141 Å². The van der Waals surface area contributed by atoms with Crippen molar-refractivity contribution in [2.45, 2.75) is 361 Å². The van der Waals surface area contributed by atoms with Crippen LogP contribution in [0.2, 0.25) is 0 Å². The van der Waals surface area contributed by atoms with E-state index in [9.17, 15) is 115 Å². The van der Waals surface area contributed by atoms with Crippen LogP contribution in [0.3, 0.4) is 0 Å². The van der Waals surface area contributed by atoms with Gasteiger partial charge in [0.1, 0.15) is 105 Å². The van der Waals surface area contributed by atoms with Gasteiger partial charge in [-0.3, -0.25) is 110 Å². The summed E-state index contributed by atoms with van der Waals surface area (Å²) in [6.45, 7) is 34.7. The number of carbonyl (C=O) groups excluding carboxylic acids is 23. The third kappa shape index (κ3) is 38.8. The Bertz CT molecular complexity index is 4760. The highest BCUT2D eigenvalue weighted by Gasteiger charge is 2.49. The van der Waals surface area contributed by atoms with Crippen LogP contribution >= 0.6 is 0 Å². The molecule has 796 valence electrons. The molecule has 2 aliphatic rings. The van der Waals surface area contributed by atoms with Crippen LogP contribution in [-0.4, -0.2) is 301 Å². The lowest BCUT2D eigenvalue weighted by Gasteiger charge is -2.36. The first-order chi connectivity index (χ1) is 65.3. The number of aliphatic hydroxyl groups excluding tert-OH is 1. The van der Waals surface area contributed by atoms with Crippen molar-refractivity contribution < 1.29 is 115 Å². The van der Waals surface area contributed by atoms with Gasteiger partial charge in [0.15, 0.2) is 0 Å². The maximum absolute atomic E-state index is 14.6. The Labute approximate surface area is 829 Å². The van der Waals surface area contributed by atoms with Gasteiger partial charge < -0.3 is 133 Å². The summed E-state index contributed by atoms with van der Waals surface area (Å²) in [5.74, 6) is -20.8. The van der Waals surface area contributed by atoms with E-state index in [0.29, 0.717) is 19.3 Å². The molecule has 1 aromatic rings. The van der Waals surface area contributed by atoms with E-state index in [-0.39, 0.29) is 77.2 Å². The maximum atomic E-state index is 14.6. The van der Waals surface area contributed by atoms with Crippen LogP contribution in [0.15, 0.2) is 30.3 Å². The fourth-order valence-electron chi connectivity index (χ4n) is 15.1. The highest BCUT2D eigenvalue weighted by atomic mass is 16.3. The fourth-order valence-corrected chi connectivity index (χ4v) is 15.1. The first kappa shape index (κ1) is 123. The molecule has 48 heteroatoms. The third-order valence-electron chi connectivity index (χ3n) is 23.6. The Morgan fingerprint density at radius 3 is 1.22 bits per heavy atom. The summed E-state index contributed by atoms with van der Waals surface area (Å²) in [6.07, 6.45) is -0.852. The molecular formula is C94H156N24O24. The first-order valence-electron chi connectivity index (χ1n) is 47.7. The minimum Gasteiger partial charge on any atom is -0.395 e. The molecule has 11 atom stereocenters. The first-order valence-corrected chi connectivity index (χ1v) is 47.7. The average molecular weight is 2010 g/mol. The van der Waals surface area contributed by atoms with Crippen LogP contribution in [0.5, 0.6) is 0 Å². The molecule has 2 aliphatic heterocycles. The predicted molar refractivity (Wildman–Crippen MR) is 519 cm³/mol. The Hall–Kier alpha value is -13.0. The molecule has 2 fully saturated rings. The van der Waals surface area contributed by atoms with E-state index < -0.39 is 284 Å². The van der Waals surface area contributed by atoms with E-state index in [2.05, 4.69) is 101 Å². The number of likely N-dealkylation sites (tertiary alicyclic amines) is 2. The zero-order chi connectivity index (χ0) is 109. The van der Waals surface area contributed by atoms with Crippen molar-refractivity contribution >= 4 is 136 Å². The van der Waals surface area contributed by atoms with Crippen LogP contribution in [0.1, 0.15) is 249 Å². The zero-order valence-corrected chi connectivity index (χ0v) is 86.7. The van der Waals surface area contributed by atoms with Gasteiger partial charge in [-0.05, 0) is 206 Å². The molecular weight excluding hydrogens is 1850 g/mol. The van der Waals surface area contributed by atoms with E-state index >= 15 is 0 Å². The summed E-state index contributed by atoms with van der Waals surface area (Å²) in [4.78, 5) is 316. The second-order valence-corrected chi connectivity index (χ2v) is 41.6. The number of rotatable bonds is 56. The number of carbonyl (C=O) groups is 23. The molecule has 0 spiro atoms. The number of nitrogens with zero attached hydrogens (tertiary/aromatic N) is 2. The van der Waals surface area contributed by atoms with E-state index in [1.807, 2.05) is 30.3 Å². The smallest absolute Gasteiger partial charge is 0.248 e. The SMILES string of the molecule is CC(=O)NC(C)(C)C(=O)N1CCC[C@H]1C(=O)NC(C)(C)C(=O)N[C@@H](C)C(=O)NC(C)(C)C(=O)N[C@@H](C)C(=O)N[C@@H](CCC(N)=O)C(=O)NC(C)(C)C(=O)N[C@H](C(=O)NC(C)(C)C(=O)NCC(=O)N[C@@H](CC(C)C)C(=O)NC(C)(C)C(=O)N1CCC[C@H]1C(=O)N[C@H](C(=O)NC(C)(C)C(=O)NC(C)(C)C(=O)N[C@@H](CCC(N)=O)C(=O)N[C@@H](CCC(N)=O)C(=O)N[C@H](CNCCO)Cc1ccccc1)C(C)C)C(C)C. The van der Waals surface area contributed by atoms with Gasteiger partial charge in [0.2, 0.25) is 136 Å². The molecule has 23 amide bonds. The van der Waals surface area contributed by atoms with Gasteiger partial charge >= 0.3 is 0 Å². The molecule has 142 heavy (non-hydrogen) atoms. The number of primary amides is 3. The molecule has 0 aliphatic carbocycles. The van der Waals surface area contributed by atoms with Crippen molar-refractivity contribution in [1.82, 2.24) is 111 Å². The summed E-state index contributed by atoms with van der Waals surface area (Å²) >= 11 is 0. The van der Waals surface area contributed by atoms with E-state index in [0.717, 1.165) is 5.56 Å². The third-order valence-corrected chi connectivity index (χ3v) is 23.6. The molecule has 2 heterocycles. The predicted octanol–water partition coefficient (Wildman–Crippen LogP) is -5.35. The van der Waals surface area contributed by atoms with Gasteiger partial charge in [0.05, 0.1) is 13.2 Å². The second-order valence-electron chi connectivity index (χ2n) is 41.6. The minimum atomic E-state index is -1.91. The summed E-state index contributed by atoms with van der Waals surface area (Å²) in [5.41, 5.74) is 3.19. The lowest BCUT2D eigenvalue weighted by molar-refractivity contribution is -0.146. The maximum Gasteiger partial charge on any atom is 0.248 e. The Morgan fingerprint density at radius 1 is 0.380 bits per heavy atom. The van der Waals surface area contributed by atoms with Gasteiger partial charge in [0, 0.05) is 58.4 Å². The number of hydrogen-bond donors (Lipinski definition) is 23. The van der Waals surface area contributed by atoms with Gasteiger partial charge in [0.25, 0.3) is 0 Å². The lowest BCUT2D eigenvalue weighted by Crippen LogP contribution is -2.66. The fraction of sp³-hybridized carbons (Fsp3) is 0.691. The Balaban J connectivity index is 1.66. The molecule has 0 saturated carbocycles. The van der Waals surface area contributed by atoms with Gasteiger partial charge in [-0.1, -0.05) is 71.9 Å². The number of amides is 23. The van der Waals surface area contributed by atoms with E-state index in [4.69, 9.17) is 17.2 Å². The number of nitrogens with two attached hydrogens (primary N) is 3. The number of benzene rings is 1. The topological polar surface area (TPSA) is 726 Å². The lowest BCUT2D eigenvalue weighted by atomic mass is 9.96. The van der Waals surface area contributed by atoms with Crippen LogP contribution in [-0.2, 0) is 117 Å². The standard InChI is InChI=1S/C94H156N24O24/c1-49(2)45-60(74(130)112-94(24,25)86(142)117-42-29-33-61(117)75(131)107-67(50(3)4)77(133)115-92(20,21)84(140)116-91(18,19)82(138)106-58(36-39-64(96)122)72(128)105-57(35-38-63(95)121)71(127)102-56(47-98-41-44-119)46-55-31-27-26-28-32-55)103-66(124)48-99-79(135)87(10,11)114-78(134)68(51(5)6)108-83(139)90(16,17)111-73(129)59(37-40-65(97)123)104-69(125)52(7)100-80(136)88(12,13)110-70(126)53(8)101-81(137)89(14,15)113-76(132)62-34-30-43-118(62)85(141)93(22,23)109-54(9)120/h26-28,31-32,49-53,56-62,67-68,98,119H,29-30,33-48H2,1-25H3,(H2,95,121)(H2,96,122)(H2,97,123)(H,99,135)(H,100,136)(H,101,137)(H,102,127)(H,103,124)(H,104,125)(H,105,128)(H,106,138)(H,107,131)(H,108,139)(H,109,120)(H,110,126)(H,111,129)(H,112,130)(H,113,132)(H,114,134)(H,115,133)(H,116,140)/t52-,53-,56-,57-,58-,59-,60-,61-,62-,67-,68-/m0/s1. The monoisotopic (exact) mass is 2010 g/mol. The van der Waals surface area contributed by atoms with Crippen molar-refractivity contribution in [1.29, 1.82) is 0 Å². The zero-order valence-electron chi connectivity index (χ0n) is 86.7. The highest BCUT2D eigenvalue weighted by molar-refractivity contribution is 6.05. The molecule has 2 saturated heterocycles. The quantitative estimate of drug-likeness (QED) is 0.0271. The normalized spacial score (nSPS) is 16.1. The summed E-state index contributed by atoms with van der Waals surface area (Å²) in [6, 6.07) is -5.08. The number of hydrogen-bond acceptors (Lipinski definition) is 25. The molecule has 0 aromatic heterocycles. The average Bonchev–Trinajstić information content (AvgIpc) is 1.80. The molecule has 26 N–H and O–H groups in total. The van der Waals surface area contributed by atoms with Crippen molar-refractivity contribution in [3.8, 4) is 0 Å². The van der Waals surface area contributed by atoms with Crippen molar-refractivity contribution in [2.75, 3.05) is 39.3 Å². The van der Waals surface area contributed by atoms with Crippen LogP contribution < -0.4 is 118 Å². The highest BCUT2D eigenvalue weighted by Crippen LogP contribution is 2.27.